The lowest BCUT2D eigenvalue weighted by atomic mass is 9.95. The molecule has 1 heteroatoms. The van der Waals surface area contributed by atoms with Gasteiger partial charge in [0.25, 0.3) is 0 Å². The van der Waals surface area contributed by atoms with Crippen molar-refractivity contribution < 1.29 is 0 Å². The monoisotopic (exact) mass is 249 g/mol. The molecule has 0 atom stereocenters. The number of benzene rings is 1. The molecule has 1 heterocycles. The van der Waals surface area contributed by atoms with Crippen molar-refractivity contribution in [3.8, 4) is 11.8 Å². The zero-order chi connectivity index (χ0) is 12.9. The van der Waals surface area contributed by atoms with E-state index in [4.69, 9.17) is 0 Å². The lowest BCUT2D eigenvalue weighted by Gasteiger charge is -2.24. The first-order chi connectivity index (χ1) is 9.43. The van der Waals surface area contributed by atoms with E-state index in [1.54, 1.807) is 0 Å². The minimum Gasteiger partial charge on any atom is -0.338 e. The van der Waals surface area contributed by atoms with Crippen molar-refractivity contribution in [3.63, 3.8) is 0 Å². The van der Waals surface area contributed by atoms with Crippen LogP contribution in [0.1, 0.15) is 49.4 Å². The van der Waals surface area contributed by atoms with Gasteiger partial charge in [-0.2, -0.15) is 0 Å². The van der Waals surface area contributed by atoms with Crippen LogP contribution in [-0.2, 0) is 0 Å². The third-order valence-electron chi connectivity index (χ3n) is 3.86. The summed E-state index contributed by atoms with van der Waals surface area (Å²) in [6, 6.07) is 15.1. The molecule has 0 unspecified atom stereocenters. The van der Waals surface area contributed by atoms with Gasteiger partial charge in [-0.05, 0) is 43.0 Å². The van der Waals surface area contributed by atoms with Gasteiger partial charge < -0.3 is 4.57 Å². The zero-order valence-electron chi connectivity index (χ0n) is 11.2. The fraction of sp³-hybridized carbons (Fsp3) is 0.333. The van der Waals surface area contributed by atoms with Gasteiger partial charge in [-0.3, -0.25) is 0 Å². The normalized spacial score (nSPS) is 15.8. The SMILES string of the molecule is C(#Cc1cccn1C1CCCCC1)c1ccccc1. The molecular weight excluding hydrogens is 230 g/mol. The maximum atomic E-state index is 3.32. The second-order valence-corrected chi connectivity index (χ2v) is 5.21. The van der Waals surface area contributed by atoms with Crippen LogP contribution in [0, 0.1) is 11.8 Å². The Hall–Kier alpha value is -1.94. The summed E-state index contributed by atoms with van der Waals surface area (Å²) in [5.74, 6) is 6.58. The average molecular weight is 249 g/mol. The van der Waals surface area contributed by atoms with E-state index < -0.39 is 0 Å². The summed E-state index contributed by atoms with van der Waals surface area (Å²) in [6.07, 6.45) is 8.89. The third-order valence-corrected chi connectivity index (χ3v) is 3.86. The molecule has 1 aliphatic carbocycles. The fourth-order valence-electron chi connectivity index (χ4n) is 2.83. The summed E-state index contributed by atoms with van der Waals surface area (Å²) in [5.41, 5.74) is 2.23. The Bertz CT molecular complexity index is 577. The number of hydrogen-bond donors (Lipinski definition) is 0. The van der Waals surface area contributed by atoms with Crippen molar-refractivity contribution >= 4 is 0 Å². The number of hydrogen-bond acceptors (Lipinski definition) is 0. The lowest BCUT2D eigenvalue weighted by molar-refractivity contribution is 0.352. The lowest BCUT2D eigenvalue weighted by Crippen LogP contribution is -2.13. The van der Waals surface area contributed by atoms with Crippen LogP contribution in [0.5, 0.6) is 0 Å². The van der Waals surface area contributed by atoms with Crippen molar-refractivity contribution in [2.24, 2.45) is 0 Å². The van der Waals surface area contributed by atoms with Gasteiger partial charge in [0.05, 0.1) is 5.69 Å². The molecular formula is C18H19N. The van der Waals surface area contributed by atoms with E-state index in [0.29, 0.717) is 6.04 Å². The highest BCUT2D eigenvalue weighted by Gasteiger charge is 2.15. The number of nitrogens with zero attached hydrogens (tertiary/aromatic N) is 1. The molecule has 0 aliphatic heterocycles. The van der Waals surface area contributed by atoms with Gasteiger partial charge in [-0.15, -0.1) is 0 Å². The predicted octanol–water partition coefficient (Wildman–Crippen LogP) is 4.39. The van der Waals surface area contributed by atoms with Gasteiger partial charge in [-0.25, -0.2) is 0 Å². The van der Waals surface area contributed by atoms with Gasteiger partial charge in [0, 0.05) is 17.8 Å². The van der Waals surface area contributed by atoms with Crippen LogP contribution in [0.3, 0.4) is 0 Å². The molecule has 1 fully saturated rings. The van der Waals surface area contributed by atoms with Crippen molar-refractivity contribution in [1.82, 2.24) is 4.57 Å². The second-order valence-electron chi connectivity index (χ2n) is 5.21. The summed E-state index contributed by atoms with van der Waals surface area (Å²) < 4.78 is 2.37. The Morgan fingerprint density at radius 3 is 2.42 bits per heavy atom. The maximum absolute atomic E-state index is 3.32. The molecule has 0 radical (unpaired) electrons. The van der Waals surface area contributed by atoms with Gasteiger partial charge in [0.15, 0.2) is 0 Å². The average Bonchev–Trinajstić information content (AvgIpc) is 2.95. The Morgan fingerprint density at radius 1 is 0.842 bits per heavy atom. The van der Waals surface area contributed by atoms with Crippen LogP contribution in [0.25, 0.3) is 0 Å². The van der Waals surface area contributed by atoms with E-state index in [0.717, 1.165) is 11.3 Å². The molecule has 96 valence electrons. The molecule has 0 saturated heterocycles. The highest BCUT2D eigenvalue weighted by molar-refractivity contribution is 5.40. The summed E-state index contributed by atoms with van der Waals surface area (Å²) in [4.78, 5) is 0. The molecule has 3 rings (SSSR count). The van der Waals surface area contributed by atoms with E-state index in [1.807, 2.05) is 18.2 Å². The Morgan fingerprint density at radius 2 is 1.63 bits per heavy atom. The molecule has 1 aliphatic rings. The van der Waals surface area contributed by atoms with Crippen LogP contribution in [0.15, 0.2) is 48.7 Å². The molecule has 2 aromatic rings. The van der Waals surface area contributed by atoms with Gasteiger partial charge in [-0.1, -0.05) is 43.4 Å². The van der Waals surface area contributed by atoms with Crippen LogP contribution in [0.4, 0.5) is 0 Å². The summed E-state index contributed by atoms with van der Waals surface area (Å²) >= 11 is 0. The summed E-state index contributed by atoms with van der Waals surface area (Å²) in [7, 11) is 0. The van der Waals surface area contributed by atoms with E-state index >= 15 is 0 Å². The maximum Gasteiger partial charge on any atom is 0.0926 e. The minimum absolute atomic E-state index is 0.656. The van der Waals surface area contributed by atoms with Crippen molar-refractivity contribution in [2.75, 3.05) is 0 Å². The topological polar surface area (TPSA) is 4.93 Å². The molecule has 1 saturated carbocycles. The molecule has 1 aromatic carbocycles. The van der Waals surface area contributed by atoms with Gasteiger partial charge in [0.1, 0.15) is 0 Å². The van der Waals surface area contributed by atoms with E-state index in [1.165, 1.54) is 32.1 Å². The van der Waals surface area contributed by atoms with Crippen molar-refractivity contribution in [1.29, 1.82) is 0 Å². The van der Waals surface area contributed by atoms with Crippen molar-refractivity contribution in [3.05, 3.63) is 59.9 Å². The molecule has 1 nitrogen and oxygen atoms in total. The molecule has 19 heavy (non-hydrogen) atoms. The van der Waals surface area contributed by atoms with Crippen LogP contribution >= 0.6 is 0 Å². The fourth-order valence-corrected chi connectivity index (χ4v) is 2.83. The third kappa shape index (κ3) is 2.90. The Balaban J connectivity index is 1.82. The van der Waals surface area contributed by atoms with Gasteiger partial charge in [0.2, 0.25) is 0 Å². The first kappa shape index (κ1) is 12.1. The van der Waals surface area contributed by atoms with E-state index in [9.17, 15) is 0 Å². The van der Waals surface area contributed by atoms with Gasteiger partial charge >= 0.3 is 0 Å². The standard InChI is InChI=1S/C18H19N/c1-3-8-16(9-4-1)13-14-18-12-7-15-19(18)17-10-5-2-6-11-17/h1,3-4,7-9,12,15,17H,2,5-6,10-11H2. The summed E-state index contributed by atoms with van der Waals surface area (Å²) in [6.45, 7) is 0. The smallest absolute Gasteiger partial charge is 0.0926 e. The molecule has 0 amide bonds. The minimum atomic E-state index is 0.656. The zero-order valence-corrected chi connectivity index (χ0v) is 11.2. The highest BCUT2D eigenvalue weighted by atomic mass is 15.0. The first-order valence-corrected chi connectivity index (χ1v) is 7.17. The molecule has 0 spiro atoms. The molecule has 1 aromatic heterocycles. The Labute approximate surface area is 115 Å². The summed E-state index contributed by atoms with van der Waals surface area (Å²) in [5, 5.41) is 0. The number of aromatic nitrogens is 1. The largest absolute Gasteiger partial charge is 0.338 e. The van der Waals surface area contributed by atoms with Crippen LogP contribution in [0.2, 0.25) is 0 Å². The van der Waals surface area contributed by atoms with Crippen LogP contribution in [-0.4, -0.2) is 4.57 Å². The predicted molar refractivity (Wildman–Crippen MR) is 79.0 cm³/mol. The molecule has 0 N–H and O–H groups in total. The number of rotatable bonds is 1. The Kier molecular flexibility index (Phi) is 3.70. The highest BCUT2D eigenvalue weighted by Crippen LogP contribution is 2.29. The molecule has 0 bridgehead atoms. The quantitative estimate of drug-likeness (QED) is 0.660. The van der Waals surface area contributed by atoms with Crippen molar-refractivity contribution in [2.45, 2.75) is 38.1 Å². The van der Waals surface area contributed by atoms with E-state index in [2.05, 4.69) is 46.9 Å². The van der Waals surface area contributed by atoms with Crippen LogP contribution < -0.4 is 0 Å². The first-order valence-electron chi connectivity index (χ1n) is 7.17. The second kappa shape index (κ2) is 5.80. The van der Waals surface area contributed by atoms with E-state index in [-0.39, 0.29) is 0 Å².